The molecule has 2 atom stereocenters. The molecular weight excluding hydrogens is 194 g/mol. The highest BCUT2D eigenvalue weighted by Gasteiger charge is 2.22. The van der Waals surface area contributed by atoms with Crippen molar-refractivity contribution in [2.75, 3.05) is 6.54 Å². The molecule has 1 fully saturated rings. The first kappa shape index (κ1) is 14.0. The van der Waals surface area contributed by atoms with Crippen molar-refractivity contribution in [2.24, 2.45) is 11.8 Å². The molecule has 1 rings (SSSR count). The summed E-state index contributed by atoms with van der Waals surface area (Å²) >= 11 is 0. The Morgan fingerprint density at radius 3 is 2.44 bits per heavy atom. The van der Waals surface area contributed by atoms with E-state index in [9.17, 15) is 0 Å². The molecule has 1 saturated carbocycles. The molecule has 1 aliphatic carbocycles. The van der Waals surface area contributed by atoms with Gasteiger partial charge in [-0.25, -0.2) is 0 Å². The molecule has 0 heterocycles. The van der Waals surface area contributed by atoms with E-state index in [1.807, 2.05) is 0 Å². The molecule has 1 N–H and O–H groups in total. The lowest BCUT2D eigenvalue weighted by atomic mass is 9.79. The van der Waals surface area contributed by atoms with Crippen molar-refractivity contribution in [1.29, 1.82) is 0 Å². The quantitative estimate of drug-likeness (QED) is 0.614. The SMILES string of the molecule is CCCNC(CC(C)CCC)CC1CCC1. The van der Waals surface area contributed by atoms with Crippen molar-refractivity contribution < 1.29 is 0 Å². The van der Waals surface area contributed by atoms with Gasteiger partial charge in [-0.15, -0.1) is 0 Å². The Bertz CT molecular complexity index is 163. The molecule has 2 unspecified atom stereocenters. The Hall–Kier alpha value is -0.0400. The zero-order chi connectivity index (χ0) is 11.8. The lowest BCUT2D eigenvalue weighted by Crippen LogP contribution is -2.34. The summed E-state index contributed by atoms with van der Waals surface area (Å²) in [6.45, 7) is 8.20. The molecule has 1 nitrogen and oxygen atoms in total. The molecule has 96 valence electrons. The summed E-state index contributed by atoms with van der Waals surface area (Å²) in [7, 11) is 0. The number of hydrogen-bond donors (Lipinski definition) is 1. The van der Waals surface area contributed by atoms with Crippen LogP contribution >= 0.6 is 0 Å². The van der Waals surface area contributed by atoms with Crippen LogP contribution in [0.25, 0.3) is 0 Å². The predicted molar refractivity (Wildman–Crippen MR) is 72.7 cm³/mol. The van der Waals surface area contributed by atoms with Crippen molar-refractivity contribution in [2.45, 2.75) is 78.2 Å². The van der Waals surface area contributed by atoms with Gasteiger partial charge < -0.3 is 5.32 Å². The molecule has 1 heteroatoms. The topological polar surface area (TPSA) is 12.0 Å². The fourth-order valence-electron chi connectivity index (χ4n) is 2.84. The van der Waals surface area contributed by atoms with E-state index in [1.165, 1.54) is 57.9 Å². The van der Waals surface area contributed by atoms with E-state index in [4.69, 9.17) is 0 Å². The molecule has 0 radical (unpaired) electrons. The fraction of sp³-hybridized carbons (Fsp3) is 1.00. The van der Waals surface area contributed by atoms with E-state index in [0.29, 0.717) is 0 Å². The zero-order valence-electron chi connectivity index (χ0n) is 11.6. The highest BCUT2D eigenvalue weighted by molar-refractivity contribution is 4.78. The molecule has 0 saturated heterocycles. The number of hydrogen-bond acceptors (Lipinski definition) is 1. The minimum absolute atomic E-state index is 0.798. The van der Waals surface area contributed by atoms with Crippen molar-refractivity contribution >= 4 is 0 Å². The van der Waals surface area contributed by atoms with Gasteiger partial charge in [-0.3, -0.25) is 0 Å². The molecule has 0 aromatic carbocycles. The molecular formula is C15H31N. The Morgan fingerprint density at radius 2 is 1.94 bits per heavy atom. The van der Waals surface area contributed by atoms with Gasteiger partial charge in [-0.05, 0) is 37.6 Å². The average Bonchev–Trinajstić information content (AvgIpc) is 2.19. The van der Waals surface area contributed by atoms with Crippen LogP contribution in [0.1, 0.15) is 72.1 Å². The summed E-state index contributed by atoms with van der Waals surface area (Å²) in [4.78, 5) is 0. The van der Waals surface area contributed by atoms with E-state index >= 15 is 0 Å². The Balaban J connectivity index is 2.23. The highest BCUT2D eigenvalue weighted by atomic mass is 14.9. The molecule has 0 aromatic rings. The van der Waals surface area contributed by atoms with Gasteiger partial charge in [0, 0.05) is 6.04 Å². The van der Waals surface area contributed by atoms with E-state index in [2.05, 4.69) is 26.1 Å². The third-order valence-electron chi connectivity index (χ3n) is 3.99. The van der Waals surface area contributed by atoms with Crippen LogP contribution in [0.2, 0.25) is 0 Å². The molecule has 0 spiro atoms. The van der Waals surface area contributed by atoms with E-state index in [0.717, 1.165) is 17.9 Å². The third kappa shape index (κ3) is 5.34. The van der Waals surface area contributed by atoms with Gasteiger partial charge in [-0.1, -0.05) is 52.9 Å². The van der Waals surface area contributed by atoms with E-state index < -0.39 is 0 Å². The fourth-order valence-corrected chi connectivity index (χ4v) is 2.84. The summed E-state index contributed by atoms with van der Waals surface area (Å²) in [5.74, 6) is 1.95. The van der Waals surface area contributed by atoms with Gasteiger partial charge in [0.1, 0.15) is 0 Å². The number of rotatable bonds is 9. The van der Waals surface area contributed by atoms with Crippen LogP contribution in [0.4, 0.5) is 0 Å². The van der Waals surface area contributed by atoms with Crippen LogP contribution < -0.4 is 5.32 Å². The van der Waals surface area contributed by atoms with Crippen molar-refractivity contribution in [3.63, 3.8) is 0 Å². The lowest BCUT2D eigenvalue weighted by Gasteiger charge is -2.31. The van der Waals surface area contributed by atoms with Gasteiger partial charge in [0.15, 0.2) is 0 Å². The van der Waals surface area contributed by atoms with Gasteiger partial charge >= 0.3 is 0 Å². The lowest BCUT2D eigenvalue weighted by molar-refractivity contribution is 0.240. The van der Waals surface area contributed by atoms with Gasteiger partial charge in [-0.2, -0.15) is 0 Å². The molecule has 0 aromatic heterocycles. The van der Waals surface area contributed by atoms with Crippen molar-refractivity contribution in [3.05, 3.63) is 0 Å². The largest absolute Gasteiger partial charge is 0.314 e. The molecule has 16 heavy (non-hydrogen) atoms. The van der Waals surface area contributed by atoms with Gasteiger partial charge in [0.2, 0.25) is 0 Å². The van der Waals surface area contributed by atoms with Crippen LogP contribution in [0, 0.1) is 11.8 Å². The van der Waals surface area contributed by atoms with Gasteiger partial charge in [0.25, 0.3) is 0 Å². The molecule has 0 bridgehead atoms. The molecule has 1 aliphatic rings. The first-order chi connectivity index (χ1) is 7.76. The summed E-state index contributed by atoms with van der Waals surface area (Å²) in [5.41, 5.74) is 0. The summed E-state index contributed by atoms with van der Waals surface area (Å²) in [6.07, 6.45) is 11.3. The second kappa shape index (κ2) is 8.11. The Kier molecular flexibility index (Phi) is 7.11. The predicted octanol–water partition coefficient (Wildman–Crippen LogP) is 4.37. The average molecular weight is 225 g/mol. The minimum Gasteiger partial charge on any atom is -0.314 e. The third-order valence-corrected chi connectivity index (χ3v) is 3.99. The maximum atomic E-state index is 3.76. The maximum Gasteiger partial charge on any atom is 0.00722 e. The van der Waals surface area contributed by atoms with Crippen LogP contribution in [0.15, 0.2) is 0 Å². The number of nitrogens with one attached hydrogen (secondary N) is 1. The zero-order valence-corrected chi connectivity index (χ0v) is 11.6. The summed E-state index contributed by atoms with van der Waals surface area (Å²) in [6, 6.07) is 0.798. The van der Waals surface area contributed by atoms with Crippen LogP contribution in [0.5, 0.6) is 0 Å². The smallest absolute Gasteiger partial charge is 0.00722 e. The van der Waals surface area contributed by atoms with Gasteiger partial charge in [0.05, 0.1) is 0 Å². The summed E-state index contributed by atoms with van der Waals surface area (Å²) < 4.78 is 0. The summed E-state index contributed by atoms with van der Waals surface area (Å²) in [5, 5.41) is 3.76. The Morgan fingerprint density at radius 1 is 1.19 bits per heavy atom. The first-order valence-corrected chi connectivity index (χ1v) is 7.49. The monoisotopic (exact) mass is 225 g/mol. The second-order valence-corrected chi connectivity index (χ2v) is 5.81. The van der Waals surface area contributed by atoms with E-state index in [1.54, 1.807) is 0 Å². The van der Waals surface area contributed by atoms with E-state index in [-0.39, 0.29) is 0 Å². The first-order valence-electron chi connectivity index (χ1n) is 7.49. The Labute approximate surface area is 102 Å². The van der Waals surface area contributed by atoms with Crippen molar-refractivity contribution in [3.8, 4) is 0 Å². The van der Waals surface area contributed by atoms with Crippen LogP contribution in [-0.4, -0.2) is 12.6 Å². The van der Waals surface area contributed by atoms with Crippen LogP contribution in [-0.2, 0) is 0 Å². The minimum atomic E-state index is 0.798. The second-order valence-electron chi connectivity index (χ2n) is 5.81. The molecule has 0 aliphatic heterocycles. The maximum absolute atomic E-state index is 3.76. The van der Waals surface area contributed by atoms with Crippen LogP contribution in [0.3, 0.4) is 0 Å². The highest BCUT2D eigenvalue weighted by Crippen LogP contribution is 2.32. The van der Waals surface area contributed by atoms with Crippen molar-refractivity contribution in [1.82, 2.24) is 5.32 Å². The molecule has 0 amide bonds. The normalized spacial score (nSPS) is 20.4. The standard InChI is InChI=1S/C15H31N/c1-4-7-13(3)11-15(16-10-5-2)12-14-8-6-9-14/h13-16H,4-12H2,1-3H3.